The molecular weight excluding hydrogens is 210 g/mol. The van der Waals surface area contributed by atoms with Crippen LogP contribution in [0.2, 0.25) is 5.28 Å². The molecule has 1 aliphatic rings. The van der Waals surface area contributed by atoms with Gasteiger partial charge in [0.1, 0.15) is 5.82 Å². The number of aryl methyl sites for hydroxylation is 1. The molecule has 1 aromatic heterocycles. The largest absolute Gasteiger partial charge is 0.367 e. The fourth-order valence-electron chi connectivity index (χ4n) is 1.77. The Morgan fingerprint density at radius 1 is 1.53 bits per heavy atom. The Balaban J connectivity index is 1.96. The number of aromatic nitrogens is 2. The third kappa shape index (κ3) is 3.34. The standard InChI is InChI=1S/C11H16ClN3/c1-7(5-9-3-4-9)13-10-6-8(2)14-11(12)15-10/h6-7,9H,3-5H2,1-2H3,(H,13,14,15). The second-order valence-corrected chi connectivity index (χ2v) is 4.73. The van der Waals surface area contributed by atoms with Crippen molar-refractivity contribution in [3.63, 3.8) is 0 Å². The van der Waals surface area contributed by atoms with Crippen molar-refractivity contribution in [1.29, 1.82) is 0 Å². The van der Waals surface area contributed by atoms with Crippen LogP contribution in [-0.2, 0) is 0 Å². The van der Waals surface area contributed by atoms with Crippen LogP contribution < -0.4 is 5.32 Å². The predicted molar refractivity (Wildman–Crippen MR) is 62.2 cm³/mol. The lowest BCUT2D eigenvalue weighted by Crippen LogP contribution is -2.17. The minimum absolute atomic E-state index is 0.316. The van der Waals surface area contributed by atoms with Crippen LogP contribution in [0.15, 0.2) is 6.07 Å². The highest BCUT2D eigenvalue weighted by Gasteiger charge is 2.23. The van der Waals surface area contributed by atoms with Gasteiger partial charge in [0.15, 0.2) is 0 Å². The molecule has 0 bridgehead atoms. The molecule has 1 heterocycles. The number of nitrogens with one attached hydrogen (secondary N) is 1. The maximum absolute atomic E-state index is 5.79. The molecular formula is C11H16ClN3. The summed E-state index contributed by atoms with van der Waals surface area (Å²) in [6, 6.07) is 2.39. The maximum atomic E-state index is 5.79. The van der Waals surface area contributed by atoms with E-state index < -0.39 is 0 Å². The van der Waals surface area contributed by atoms with Gasteiger partial charge in [-0.25, -0.2) is 9.97 Å². The van der Waals surface area contributed by atoms with Gasteiger partial charge in [-0.05, 0) is 37.8 Å². The van der Waals surface area contributed by atoms with Gasteiger partial charge in [-0.2, -0.15) is 0 Å². The highest BCUT2D eigenvalue weighted by Crippen LogP contribution is 2.33. The van der Waals surface area contributed by atoms with Crippen molar-refractivity contribution >= 4 is 17.4 Å². The van der Waals surface area contributed by atoms with E-state index in [9.17, 15) is 0 Å². The van der Waals surface area contributed by atoms with E-state index in [1.807, 2.05) is 13.0 Å². The van der Waals surface area contributed by atoms with Gasteiger partial charge in [0.05, 0.1) is 0 Å². The molecule has 0 amide bonds. The fraction of sp³-hybridized carbons (Fsp3) is 0.636. The second-order valence-electron chi connectivity index (χ2n) is 4.39. The van der Waals surface area contributed by atoms with Crippen molar-refractivity contribution in [2.24, 2.45) is 5.92 Å². The Hall–Kier alpha value is -0.830. The molecule has 0 spiro atoms. The first-order valence-corrected chi connectivity index (χ1v) is 5.79. The van der Waals surface area contributed by atoms with E-state index in [2.05, 4.69) is 22.2 Å². The zero-order chi connectivity index (χ0) is 10.8. The summed E-state index contributed by atoms with van der Waals surface area (Å²) in [7, 11) is 0. The lowest BCUT2D eigenvalue weighted by molar-refractivity contribution is 0.640. The Morgan fingerprint density at radius 3 is 2.87 bits per heavy atom. The Labute approximate surface area is 95.3 Å². The number of halogens is 1. The molecule has 1 atom stereocenters. The van der Waals surface area contributed by atoms with Gasteiger partial charge >= 0.3 is 0 Å². The highest BCUT2D eigenvalue weighted by atomic mass is 35.5. The van der Waals surface area contributed by atoms with Crippen LogP contribution in [0.5, 0.6) is 0 Å². The molecule has 1 fully saturated rings. The fourth-order valence-corrected chi connectivity index (χ4v) is 2.00. The highest BCUT2D eigenvalue weighted by molar-refractivity contribution is 6.28. The SMILES string of the molecule is Cc1cc(NC(C)CC2CC2)nc(Cl)n1. The molecule has 0 saturated heterocycles. The average molecular weight is 226 g/mol. The van der Waals surface area contributed by atoms with E-state index >= 15 is 0 Å². The lowest BCUT2D eigenvalue weighted by Gasteiger charge is -2.14. The number of rotatable bonds is 4. The molecule has 1 aromatic rings. The van der Waals surface area contributed by atoms with Crippen molar-refractivity contribution < 1.29 is 0 Å². The summed E-state index contributed by atoms with van der Waals surface area (Å²) in [6.07, 6.45) is 3.99. The summed E-state index contributed by atoms with van der Waals surface area (Å²) < 4.78 is 0. The van der Waals surface area contributed by atoms with Crippen LogP contribution in [0.4, 0.5) is 5.82 Å². The molecule has 4 heteroatoms. The molecule has 2 rings (SSSR count). The molecule has 1 saturated carbocycles. The van der Waals surface area contributed by atoms with Crippen LogP contribution >= 0.6 is 11.6 Å². The van der Waals surface area contributed by atoms with Crippen molar-refractivity contribution in [1.82, 2.24) is 9.97 Å². The summed E-state index contributed by atoms with van der Waals surface area (Å²) in [5, 5.41) is 3.68. The Kier molecular flexibility index (Phi) is 3.10. The van der Waals surface area contributed by atoms with Gasteiger partial charge < -0.3 is 5.32 Å². The van der Waals surface area contributed by atoms with E-state index in [0.29, 0.717) is 11.3 Å². The van der Waals surface area contributed by atoms with Crippen LogP contribution in [0.1, 0.15) is 31.9 Å². The van der Waals surface area contributed by atoms with Gasteiger partial charge in [0.25, 0.3) is 0 Å². The van der Waals surface area contributed by atoms with Gasteiger partial charge in [-0.3, -0.25) is 0 Å². The molecule has 15 heavy (non-hydrogen) atoms. The summed E-state index contributed by atoms with van der Waals surface area (Å²) in [5.74, 6) is 1.76. The molecule has 1 N–H and O–H groups in total. The van der Waals surface area contributed by atoms with E-state index in [-0.39, 0.29) is 0 Å². The van der Waals surface area contributed by atoms with Crippen molar-refractivity contribution in [2.75, 3.05) is 5.32 Å². The molecule has 82 valence electrons. The van der Waals surface area contributed by atoms with E-state index in [4.69, 9.17) is 11.6 Å². The summed E-state index contributed by atoms with van der Waals surface area (Å²) in [6.45, 7) is 4.11. The first-order chi connectivity index (χ1) is 7.13. The smallest absolute Gasteiger partial charge is 0.224 e. The monoisotopic (exact) mass is 225 g/mol. The van der Waals surface area contributed by atoms with Crippen molar-refractivity contribution in [3.05, 3.63) is 17.0 Å². The number of nitrogens with zero attached hydrogens (tertiary/aromatic N) is 2. The van der Waals surface area contributed by atoms with E-state index in [0.717, 1.165) is 17.4 Å². The topological polar surface area (TPSA) is 37.8 Å². The molecule has 1 unspecified atom stereocenters. The number of hydrogen-bond acceptors (Lipinski definition) is 3. The average Bonchev–Trinajstić information content (AvgIpc) is 2.85. The van der Waals surface area contributed by atoms with Gasteiger partial charge in [-0.15, -0.1) is 0 Å². The second kappa shape index (κ2) is 4.35. The minimum Gasteiger partial charge on any atom is -0.367 e. The third-order valence-corrected chi connectivity index (χ3v) is 2.77. The molecule has 0 aromatic carbocycles. The van der Waals surface area contributed by atoms with Crippen molar-refractivity contribution in [2.45, 2.75) is 39.2 Å². The van der Waals surface area contributed by atoms with Crippen LogP contribution in [0, 0.1) is 12.8 Å². The number of anilines is 1. The van der Waals surface area contributed by atoms with Crippen LogP contribution in [-0.4, -0.2) is 16.0 Å². The minimum atomic E-state index is 0.316. The molecule has 1 aliphatic carbocycles. The first kappa shape index (κ1) is 10.7. The molecule has 0 radical (unpaired) electrons. The van der Waals surface area contributed by atoms with Crippen LogP contribution in [0.25, 0.3) is 0 Å². The zero-order valence-corrected chi connectivity index (χ0v) is 9.88. The Bertz CT molecular complexity index is 329. The molecule has 3 nitrogen and oxygen atoms in total. The maximum Gasteiger partial charge on any atom is 0.224 e. The summed E-state index contributed by atoms with van der Waals surface area (Å²) >= 11 is 5.79. The first-order valence-electron chi connectivity index (χ1n) is 5.41. The number of hydrogen-bond donors (Lipinski definition) is 1. The van der Waals surface area contributed by atoms with Gasteiger partial charge in [0.2, 0.25) is 5.28 Å². The van der Waals surface area contributed by atoms with E-state index in [1.54, 1.807) is 0 Å². The van der Waals surface area contributed by atoms with Crippen molar-refractivity contribution in [3.8, 4) is 0 Å². The van der Waals surface area contributed by atoms with E-state index in [1.165, 1.54) is 19.3 Å². The third-order valence-electron chi connectivity index (χ3n) is 2.61. The van der Waals surface area contributed by atoms with Gasteiger partial charge in [0, 0.05) is 17.8 Å². The normalized spacial score (nSPS) is 17.5. The quantitative estimate of drug-likeness (QED) is 0.801. The summed E-state index contributed by atoms with van der Waals surface area (Å²) in [4.78, 5) is 8.17. The lowest BCUT2D eigenvalue weighted by atomic mass is 10.1. The summed E-state index contributed by atoms with van der Waals surface area (Å²) in [5.41, 5.74) is 0.899. The Morgan fingerprint density at radius 2 is 2.27 bits per heavy atom. The molecule has 0 aliphatic heterocycles. The predicted octanol–water partition coefficient (Wildman–Crippen LogP) is 3.04. The zero-order valence-electron chi connectivity index (χ0n) is 9.13. The van der Waals surface area contributed by atoms with Gasteiger partial charge in [-0.1, -0.05) is 12.8 Å². The van der Waals surface area contributed by atoms with Crippen LogP contribution in [0.3, 0.4) is 0 Å².